The number of anilines is 2. The molecule has 0 aliphatic carbocycles. The number of aliphatic imine (C=N–C) groups is 1. The van der Waals surface area contributed by atoms with Gasteiger partial charge in [-0.2, -0.15) is 0 Å². The summed E-state index contributed by atoms with van der Waals surface area (Å²) in [4.78, 5) is 6.48. The lowest BCUT2D eigenvalue weighted by Gasteiger charge is -2.27. The lowest BCUT2D eigenvalue weighted by Crippen LogP contribution is -2.20. The van der Waals surface area contributed by atoms with E-state index >= 15 is 0 Å². The van der Waals surface area contributed by atoms with E-state index < -0.39 is 0 Å². The zero-order valence-corrected chi connectivity index (χ0v) is 16.2. The van der Waals surface area contributed by atoms with Gasteiger partial charge in [-0.3, -0.25) is 4.99 Å². The molecule has 0 aromatic heterocycles. The van der Waals surface area contributed by atoms with Crippen molar-refractivity contribution in [2.24, 2.45) is 4.99 Å². The molecular weight excluding hydrogens is 356 g/mol. The molecule has 0 saturated carbocycles. The van der Waals surface area contributed by atoms with Crippen LogP contribution in [0.15, 0.2) is 41.4 Å². The number of hydrogen-bond acceptors (Lipinski definition) is 6. The molecule has 2 aromatic rings. The fourth-order valence-electron chi connectivity index (χ4n) is 2.87. The summed E-state index contributed by atoms with van der Waals surface area (Å²) in [6, 6.07) is 11.7. The molecule has 3 rings (SSSR count). The third kappa shape index (κ3) is 4.63. The van der Waals surface area contributed by atoms with Crippen LogP contribution in [0, 0.1) is 12.3 Å². The highest BCUT2D eigenvalue weighted by atomic mass is 16.5. The average Bonchev–Trinajstić information content (AvgIpc) is 2.74. The van der Waals surface area contributed by atoms with Crippen LogP contribution in [0.25, 0.3) is 0 Å². The number of nitrogens with zero attached hydrogens (tertiary/aromatic N) is 2. The Morgan fingerprint density at radius 1 is 1.00 bits per heavy atom. The minimum atomic E-state index is 0.427. The number of rotatable bonds is 9. The Balaban J connectivity index is 1.95. The molecule has 0 spiro atoms. The van der Waals surface area contributed by atoms with Crippen molar-refractivity contribution in [1.29, 1.82) is 0 Å². The molecule has 0 N–H and O–H groups in total. The van der Waals surface area contributed by atoms with Crippen LogP contribution < -0.4 is 14.4 Å². The van der Waals surface area contributed by atoms with E-state index in [0.717, 1.165) is 22.5 Å². The highest BCUT2D eigenvalue weighted by Crippen LogP contribution is 2.39. The topological polar surface area (TPSA) is 52.5 Å². The molecule has 1 aliphatic heterocycles. The molecule has 0 amide bonds. The molecule has 146 valence electrons. The summed E-state index contributed by atoms with van der Waals surface area (Å²) in [5.41, 5.74) is 3.78. The number of methoxy groups -OCH3 is 2. The van der Waals surface area contributed by atoms with Gasteiger partial charge in [-0.05, 0) is 24.3 Å². The smallest absolute Gasteiger partial charge is 0.163 e. The van der Waals surface area contributed by atoms with E-state index in [1.807, 2.05) is 47.6 Å². The lowest BCUT2D eigenvalue weighted by atomic mass is 10.1. The maximum atomic E-state index is 5.91. The van der Waals surface area contributed by atoms with Gasteiger partial charge in [-0.15, -0.1) is 6.42 Å². The second-order valence-electron chi connectivity index (χ2n) is 6.13. The predicted molar refractivity (Wildman–Crippen MR) is 110 cm³/mol. The van der Waals surface area contributed by atoms with Crippen LogP contribution in [0.5, 0.6) is 11.5 Å². The van der Waals surface area contributed by atoms with Crippen LogP contribution >= 0.6 is 0 Å². The van der Waals surface area contributed by atoms with Gasteiger partial charge in [0.25, 0.3) is 0 Å². The van der Waals surface area contributed by atoms with Crippen molar-refractivity contribution >= 4 is 17.7 Å². The van der Waals surface area contributed by atoms with Crippen molar-refractivity contribution in [2.45, 2.75) is 6.54 Å². The lowest BCUT2D eigenvalue weighted by molar-refractivity contribution is 0.132. The van der Waals surface area contributed by atoms with Crippen LogP contribution in [0.2, 0.25) is 0 Å². The van der Waals surface area contributed by atoms with Crippen LogP contribution in [0.1, 0.15) is 11.1 Å². The van der Waals surface area contributed by atoms with E-state index in [9.17, 15) is 0 Å². The second-order valence-corrected chi connectivity index (χ2v) is 6.13. The first-order valence-electron chi connectivity index (χ1n) is 9.03. The summed E-state index contributed by atoms with van der Waals surface area (Å²) >= 11 is 0. The molecule has 0 saturated heterocycles. The molecule has 0 atom stereocenters. The Morgan fingerprint density at radius 3 is 2.39 bits per heavy atom. The van der Waals surface area contributed by atoms with Crippen molar-refractivity contribution in [1.82, 2.24) is 0 Å². The Hall–Kier alpha value is -3.01. The molecule has 6 nitrogen and oxygen atoms in total. The van der Waals surface area contributed by atoms with Gasteiger partial charge in [-0.1, -0.05) is 12.0 Å². The van der Waals surface area contributed by atoms with Crippen LogP contribution in [-0.4, -0.2) is 47.0 Å². The summed E-state index contributed by atoms with van der Waals surface area (Å²) in [6.45, 7) is 2.42. The van der Waals surface area contributed by atoms with Crippen LogP contribution in [0.4, 0.5) is 11.4 Å². The third-order valence-electron chi connectivity index (χ3n) is 4.24. The first-order valence-corrected chi connectivity index (χ1v) is 9.03. The quantitative estimate of drug-likeness (QED) is 0.493. The van der Waals surface area contributed by atoms with E-state index in [2.05, 4.69) is 10.9 Å². The summed E-state index contributed by atoms with van der Waals surface area (Å²) in [6.07, 6.45) is 7.36. The van der Waals surface area contributed by atoms with Gasteiger partial charge in [0.05, 0.1) is 31.8 Å². The third-order valence-corrected chi connectivity index (χ3v) is 4.24. The number of ether oxygens (including phenoxy) is 4. The Bertz CT molecular complexity index is 873. The Morgan fingerprint density at radius 2 is 1.71 bits per heavy atom. The first kappa shape index (κ1) is 19.7. The summed E-state index contributed by atoms with van der Waals surface area (Å²) < 4.78 is 21.9. The fourth-order valence-corrected chi connectivity index (χ4v) is 2.87. The number of terminal acetylenes is 1. The molecule has 2 aromatic carbocycles. The highest BCUT2D eigenvalue weighted by molar-refractivity contribution is 5.93. The van der Waals surface area contributed by atoms with Crippen molar-refractivity contribution in [3.8, 4) is 23.8 Å². The predicted octanol–water partition coefficient (Wildman–Crippen LogP) is 3.40. The SMILES string of the molecule is C#Cc1cccc(N2C=NCc3cc(OCCOC)c(OCCOC)cc32)c1. The summed E-state index contributed by atoms with van der Waals surface area (Å²) in [7, 11) is 3.28. The molecule has 0 bridgehead atoms. The van der Waals surface area contributed by atoms with Crippen LogP contribution in [0.3, 0.4) is 0 Å². The van der Waals surface area contributed by atoms with E-state index in [0.29, 0.717) is 44.5 Å². The number of benzene rings is 2. The van der Waals surface area contributed by atoms with E-state index in [-0.39, 0.29) is 0 Å². The molecule has 0 fully saturated rings. The van der Waals surface area contributed by atoms with Crippen molar-refractivity contribution in [3.05, 3.63) is 47.5 Å². The normalized spacial score (nSPS) is 12.4. The molecular formula is C22H24N2O4. The Labute approximate surface area is 165 Å². The van der Waals surface area contributed by atoms with Gasteiger partial charge < -0.3 is 23.8 Å². The summed E-state index contributed by atoms with van der Waals surface area (Å²) in [5, 5.41) is 0. The van der Waals surface area contributed by atoms with E-state index in [4.69, 9.17) is 25.4 Å². The molecule has 1 aliphatic rings. The van der Waals surface area contributed by atoms with E-state index in [1.54, 1.807) is 14.2 Å². The number of fused-ring (bicyclic) bond motifs is 1. The Kier molecular flexibility index (Phi) is 6.90. The highest BCUT2D eigenvalue weighted by Gasteiger charge is 2.20. The molecule has 0 unspecified atom stereocenters. The minimum Gasteiger partial charge on any atom is -0.487 e. The molecule has 1 heterocycles. The van der Waals surface area contributed by atoms with Crippen LogP contribution in [-0.2, 0) is 16.0 Å². The van der Waals surface area contributed by atoms with Crippen molar-refractivity contribution in [3.63, 3.8) is 0 Å². The standard InChI is InChI=1S/C22H24N2O4/c1-4-17-6-5-7-19(12-17)24-16-23-15-18-13-21(27-10-8-25-2)22(14-20(18)24)28-11-9-26-3/h1,5-7,12-14,16H,8-11,15H2,2-3H3. The fraction of sp³-hybridized carbons (Fsp3) is 0.318. The molecule has 6 heteroatoms. The second kappa shape index (κ2) is 9.79. The molecule has 0 radical (unpaired) electrons. The maximum Gasteiger partial charge on any atom is 0.163 e. The monoisotopic (exact) mass is 380 g/mol. The zero-order chi connectivity index (χ0) is 19.8. The van der Waals surface area contributed by atoms with Gasteiger partial charge in [0.15, 0.2) is 11.5 Å². The van der Waals surface area contributed by atoms with Crippen molar-refractivity contribution < 1.29 is 18.9 Å². The largest absolute Gasteiger partial charge is 0.487 e. The van der Waals surface area contributed by atoms with Crippen molar-refractivity contribution in [2.75, 3.05) is 45.5 Å². The van der Waals surface area contributed by atoms with E-state index in [1.165, 1.54) is 0 Å². The van der Waals surface area contributed by atoms with Gasteiger partial charge in [0.2, 0.25) is 0 Å². The minimum absolute atomic E-state index is 0.427. The van der Waals surface area contributed by atoms with Gasteiger partial charge in [-0.25, -0.2) is 0 Å². The van der Waals surface area contributed by atoms with Gasteiger partial charge >= 0.3 is 0 Å². The average molecular weight is 380 g/mol. The maximum absolute atomic E-state index is 5.91. The molecule has 28 heavy (non-hydrogen) atoms. The summed E-state index contributed by atoms with van der Waals surface area (Å²) in [5.74, 6) is 3.99. The van der Waals surface area contributed by atoms with Gasteiger partial charge in [0.1, 0.15) is 13.2 Å². The first-order chi connectivity index (χ1) is 13.8. The van der Waals surface area contributed by atoms with Gasteiger partial charge in [0, 0.05) is 37.1 Å². The number of hydrogen-bond donors (Lipinski definition) is 0. The zero-order valence-electron chi connectivity index (χ0n) is 16.2.